The lowest BCUT2D eigenvalue weighted by atomic mass is 9.97. The van der Waals surface area contributed by atoms with Crippen LogP contribution in [0.4, 0.5) is 4.39 Å². The molecule has 0 amide bonds. The van der Waals surface area contributed by atoms with E-state index in [9.17, 15) is 24.0 Å². The summed E-state index contributed by atoms with van der Waals surface area (Å²) in [5, 5.41) is 0. The Hall–Kier alpha value is -6.36. The van der Waals surface area contributed by atoms with E-state index in [1.54, 1.807) is 0 Å². The number of carbonyl (C=O) groups is 5. The van der Waals surface area contributed by atoms with Crippen LogP contribution in [0, 0.1) is 5.82 Å². The first kappa shape index (κ1) is 37.1. The highest BCUT2D eigenvalue weighted by molar-refractivity contribution is 5.95. The number of benzene rings is 3. The van der Waals surface area contributed by atoms with Crippen molar-refractivity contribution in [2.75, 3.05) is 0 Å². The molecule has 3 aromatic carbocycles. The molecule has 10 nitrogen and oxygen atoms in total. The zero-order valence-corrected chi connectivity index (χ0v) is 27.6. The molecule has 49 heavy (non-hydrogen) atoms. The molecule has 11 heteroatoms. The van der Waals surface area contributed by atoms with Crippen LogP contribution in [0.2, 0.25) is 0 Å². The molecule has 0 heterocycles. The van der Waals surface area contributed by atoms with Gasteiger partial charge < -0.3 is 23.7 Å². The van der Waals surface area contributed by atoms with Gasteiger partial charge >= 0.3 is 29.8 Å². The second-order valence-corrected chi connectivity index (χ2v) is 11.0. The molecule has 3 rings (SSSR count). The molecule has 3 aromatic rings. The molecule has 252 valence electrons. The fourth-order valence-electron chi connectivity index (χ4n) is 3.74. The van der Waals surface area contributed by atoms with Gasteiger partial charge in [0, 0.05) is 56.7 Å². The van der Waals surface area contributed by atoms with Crippen molar-refractivity contribution < 1.29 is 52.0 Å². The van der Waals surface area contributed by atoms with E-state index in [-0.39, 0.29) is 67.6 Å². The van der Waals surface area contributed by atoms with E-state index in [1.807, 2.05) is 0 Å². The van der Waals surface area contributed by atoms with Crippen LogP contribution in [0.25, 0.3) is 22.3 Å². The molecule has 0 spiro atoms. The van der Waals surface area contributed by atoms with Crippen molar-refractivity contribution in [1.82, 2.24) is 0 Å². The average Bonchev–Trinajstić information content (AvgIpc) is 3.02. The van der Waals surface area contributed by atoms with Crippen molar-refractivity contribution in [1.29, 1.82) is 0 Å². The van der Waals surface area contributed by atoms with E-state index < -0.39 is 41.4 Å². The molecule has 0 atom stereocenters. The highest BCUT2D eigenvalue weighted by Crippen LogP contribution is 2.44. The minimum atomic E-state index is -1.02. The first-order valence-corrected chi connectivity index (χ1v) is 14.4. The van der Waals surface area contributed by atoms with Crippen LogP contribution in [0.3, 0.4) is 0 Å². The Morgan fingerprint density at radius 3 is 1.31 bits per heavy atom. The Kier molecular flexibility index (Phi) is 11.7. The maximum atomic E-state index is 15.4. The standard InChI is InChI=1S/C38H33FO10/c1-19(2)34(40)45-25-12-14-26(31(16-25)47-36(42)21(5)6)24-11-13-27(30(15-24)46-35(41)20(3)4)28-17-29(39)33(49-38(44)23(9)10)18-32(28)48-37(43)22(7)8/h11-18H,1,3,5,7,9H2,2,4,6,8,10H3. The molecule has 0 bridgehead atoms. The number of halogens is 1. The maximum Gasteiger partial charge on any atom is 0.338 e. The molecule has 0 aromatic heterocycles. The molecule has 0 saturated heterocycles. The monoisotopic (exact) mass is 668 g/mol. The lowest BCUT2D eigenvalue weighted by molar-refractivity contribution is -0.131. The van der Waals surface area contributed by atoms with Gasteiger partial charge in [0.1, 0.15) is 23.0 Å². The molecule has 0 aliphatic rings. The van der Waals surface area contributed by atoms with Crippen LogP contribution < -0.4 is 23.7 Å². The van der Waals surface area contributed by atoms with Gasteiger partial charge in [-0.1, -0.05) is 39.0 Å². The van der Waals surface area contributed by atoms with Crippen LogP contribution in [0.5, 0.6) is 28.7 Å². The van der Waals surface area contributed by atoms with E-state index >= 15 is 4.39 Å². The van der Waals surface area contributed by atoms with Gasteiger partial charge in [0.15, 0.2) is 11.6 Å². The van der Waals surface area contributed by atoms with E-state index in [1.165, 1.54) is 71.0 Å². The largest absolute Gasteiger partial charge is 0.423 e. The van der Waals surface area contributed by atoms with E-state index in [0.29, 0.717) is 5.56 Å². The van der Waals surface area contributed by atoms with Crippen LogP contribution in [-0.4, -0.2) is 29.8 Å². The number of hydrogen-bond donors (Lipinski definition) is 0. The van der Waals surface area contributed by atoms with Crippen LogP contribution in [0.15, 0.2) is 109 Å². The van der Waals surface area contributed by atoms with Gasteiger partial charge in [0.2, 0.25) is 0 Å². The summed E-state index contributed by atoms with van der Waals surface area (Å²) in [6.07, 6.45) is 0. The normalized spacial score (nSPS) is 10.2. The van der Waals surface area contributed by atoms with Crippen LogP contribution in [-0.2, 0) is 24.0 Å². The SMILES string of the molecule is C=C(C)C(=O)Oc1ccc(-c2ccc(-c3cc(F)c(OC(=O)C(=C)C)cc3OC(=O)C(=C)C)c(OC(=O)C(=C)C)c2)c(OC(=O)C(=C)C)c1. The second kappa shape index (κ2) is 15.5. The van der Waals surface area contributed by atoms with E-state index in [4.69, 9.17) is 23.7 Å². The third-order valence-electron chi connectivity index (χ3n) is 6.33. The Balaban J connectivity index is 2.31. The van der Waals surface area contributed by atoms with Crippen molar-refractivity contribution in [3.63, 3.8) is 0 Å². The predicted octanol–water partition coefficient (Wildman–Crippen LogP) is 7.57. The summed E-state index contributed by atoms with van der Waals surface area (Å²) in [4.78, 5) is 62.3. The highest BCUT2D eigenvalue weighted by Gasteiger charge is 2.24. The molecule has 0 aliphatic heterocycles. The molecule has 0 fully saturated rings. The van der Waals surface area contributed by atoms with Crippen molar-refractivity contribution in [2.24, 2.45) is 0 Å². The maximum absolute atomic E-state index is 15.4. The van der Waals surface area contributed by atoms with Crippen LogP contribution >= 0.6 is 0 Å². The number of hydrogen-bond acceptors (Lipinski definition) is 10. The number of esters is 5. The van der Waals surface area contributed by atoms with Gasteiger partial charge in [-0.3, -0.25) is 0 Å². The Bertz CT molecular complexity index is 1980. The zero-order valence-electron chi connectivity index (χ0n) is 27.6. The quantitative estimate of drug-likeness (QED) is 0.108. The number of carbonyl (C=O) groups excluding carboxylic acids is 5. The summed E-state index contributed by atoms with van der Waals surface area (Å²) in [7, 11) is 0. The zero-order chi connectivity index (χ0) is 36.7. The van der Waals surface area contributed by atoms with Gasteiger partial charge in [-0.25, -0.2) is 28.4 Å². The van der Waals surface area contributed by atoms with Gasteiger partial charge in [0.25, 0.3) is 0 Å². The van der Waals surface area contributed by atoms with E-state index in [2.05, 4.69) is 32.9 Å². The predicted molar refractivity (Wildman–Crippen MR) is 180 cm³/mol. The molecule has 0 unspecified atom stereocenters. The van der Waals surface area contributed by atoms with E-state index in [0.717, 1.165) is 12.1 Å². The molecular formula is C38H33FO10. The minimum Gasteiger partial charge on any atom is -0.423 e. The van der Waals surface area contributed by atoms with Gasteiger partial charge in [-0.2, -0.15) is 0 Å². The van der Waals surface area contributed by atoms with Gasteiger partial charge in [-0.15, -0.1) is 0 Å². The highest BCUT2D eigenvalue weighted by atomic mass is 19.1. The fraction of sp³-hybridized carbons (Fsp3) is 0.132. The molecule has 0 aliphatic carbocycles. The van der Waals surface area contributed by atoms with Crippen molar-refractivity contribution in [3.05, 3.63) is 115 Å². The number of ether oxygens (including phenoxy) is 5. The number of rotatable bonds is 12. The summed E-state index contributed by atoms with van der Waals surface area (Å²) in [5.41, 5.74) is 0.834. The molecular weight excluding hydrogens is 635 g/mol. The summed E-state index contributed by atoms with van der Waals surface area (Å²) < 4.78 is 42.5. The van der Waals surface area contributed by atoms with Gasteiger partial charge in [-0.05, 0) is 70.5 Å². The topological polar surface area (TPSA) is 132 Å². The Labute approximate surface area is 282 Å². The van der Waals surface area contributed by atoms with Crippen molar-refractivity contribution in [3.8, 4) is 51.0 Å². The summed E-state index contributed by atoms with van der Waals surface area (Å²) >= 11 is 0. The van der Waals surface area contributed by atoms with Gasteiger partial charge in [0.05, 0.1) is 0 Å². The third kappa shape index (κ3) is 9.35. The lowest BCUT2D eigenvalue weighted by Crippen LogP contribution is -2.13. The summed E-state index contributed by atoms with van der Waals surface area (Å²) in [6, 6.07) is 10.5. The lowest BCUT2D eigenvalue weighted by Gasteiger charge is -2.18. The molecule has 0 saturated carbocycles. The Morgan fingerprint density at radius 2 is 0.837 bits per heavy atom. The minimum absolute atomic E-state index is 0.00857. The first-order valence-electron chi connectivity index (χ1n) is 14.4. The van der Waals surface area contributed by atoms with Crippen LogP contribution in [0.1, 0.15) is 34.6 Å². The van der Waals surface area contributed by atoms with Crippen molar-refractivity contribution >= 4 is 29.8 Å². The third-order valence-corrected chi connectivity index (χ3v) is 6.33. The summed E-state index contributed by atoms with van der Waals surface area (Å²) in [6.45, 7) is 24.9. The Morgan fingerprint density at radius 1 is 0.449 bits per heavy atom. The molecule has 0 radical (unpaired) electrons. The van der Waals surface area contributed by atoms with Crippen molar-refractivity contribution in [2.45, 2.75) is 34.6 Å². The molecule has 0 N–H and O–H groups in total. The second-order valence-electron chi connectivity index (χ2n) is 11.0. The first-order chi connectivity index (χ1) is 22.9. The smallest absolute Gasteiger partial charge is 0.338 e. The summed E-state index contributed by atoms with van der Waals surface area (Å²) in [5.74, 6) is -6.13. The fourth-order valence-corrected chi connectivity index (χ4v) is 3.74. The average molecular weight is 669 g/mol.